The lowest BCUT2D eigenvalue weighted by molar-refractivity contribution is 0.00958. The van der Waals surface area contributed by atoms with E-state index < -0.39 is 0 Å². The van der Waals surface area contributed by atoms with Gasteiger partial charge in [0.25, 0.3) is 0 Å². The molecular formula is C15H30N4O. The van der Waals surface area contributed by atoms with Crippen LogP contribution in [0.25, 0.3) is 0 Å². The predicted octanol–water partition coefficient (Wildman–Crippen LogP) is 0.729. The Hall–Kier alpha value is -0.200. The topological polar surface area (TPSA) is 31.0 Å². The van der Waals surface area contributed by atoms with Gasteiger partial charge >= 0.3 is 0 Å². The summed E-state index contributed by atoms with van der Waals surface area (Å²) in [5, 5.41) is 2.41. The first-order chi connectivity index (χ1) is 9.81. The van der Waals surface area contributed by atoms with E-state index in [-0.39, 0.29) is 6.23 Å². The van der Waals surface area contributed by atoms with Crippen LogP contribution in [0.4, 0.5) is 0 Å². The molecule has 0 saturated carbocycles. The lowest BCUT2D eigenvalue weighted by Gasteiger charge is -2.32. The Morgan fingerprint density at radius 3 is 2.75 bits per heavy atom. The number of piperazine rings is 1. The summed E-state index contributed by atoms with van der Waals surface area (Å²) in [6.07, 6.45) is 6.67. The van der Waals surface area contributed by atoms with E-state index in [1.54, 1.807) is 0 Å². The van der Waals surface area contributed by atoms with E-state index in [2.05, 4.69) is 27.3 Å². The molecule has 0 spiro atoms. The van der Waals surface area contributed by atoms with E-state index in [1.807, 2.05) is 0 Å². The lowest BCUT2D eigenvalue weighted by Crippen LogP contribution is -2.45. The third-order valence-electron chi connectivity index (χ3n) is 4.96. The number of nitrogens with zero attached hydrogens (tertiary/aromatic N) is 3. The molecule has 3 heterocycles. The Bertz CT molecular complexity index is 280. The Morgan fingerprint density at radius 1 is 1.10 bits per heavy atom. The molecule has 2 atom stereocenters. The highest BCUT2D eigenvalue weighted by atomic mass is 16.5. The largest absolute Gasteiger partial charge is 0.362 e. The zero-order chi connectivity index (χ0) is 13.8. The van der Waals surface area contributed by atoms with E-state index in [0.717, 1.165) is 19.1 Å². The fraction of sp³-hybridized carbons (Fsp3) is 1.00. The summed E-state index contributed by atoms with van der Waals surface area (Å²) in [4.78, 5) is 4.97. The SMILES string of the molecule is CN1CCN(CCCOC2CC3CCCCN3N2)CC1. The molecule has 0 aromatic carbocycles. The van der Waals surface area contributed by atoms with Crippen LogP contribution in [0.1, 0.15) is 32.1 Å². The smallest absolute Gasteiger partial charge is 0.122 e. The van der Waals surface area contributed by atoms with Crippen molar-refractivity contribution in [1.82, 2.24) is 20.2 Å². The second-order valence-corrected chi connectivity index (χ2v) is 6.57. The van der Waals surface area contributed by atoms with Crippen molar-refractivity contribution in [2.24, 2.45) is 0 Å². The zero-order valence-corrected chi connectivity index (χ0v) is 12.9. The van der Waals surface area contributed by atoms with Crippen molar-refractivity contribution >= 4 is 0 Å². The van der Waals surface area contributed by atoms with Gasteiger partial charge < -0.3 is 14.5 Å². The van der Waals surface area contributed by atoms with Crippen molar-refractivity contribution in [3.8, 4) is 0 Å². The van der Waals surface area contributed by atoms with Crippen LogP contribution in [0.5, 0.6) is 0 Å². The molecular weight excluding hydrogens is 252 g/mol. The van der Waals surface area contributed by atoms with Gasteiger partial charge in [-0.25, -0.2) is 10.4 Å². The van der Waals surface area contributed by atoms with Gasteiger partial charge in [0.1, 0.15) is 6.23 Å². The fourth-order valence-electron chi connectivity index (χ4n) is 3.59. The summed E-state index contributed by atoms with van der Waals surface area (Å²) in [6.45, 7) is 8.13. The Labute approximate surface area is 123 Å². The van der Waals surface area contributed by atoms with Crippen LogP contribution < -0.4 is 5.43 Å². The molecule has 0 radical (unpaired) electrons. The summed E-state index contributed by atoms with van der Waals surface area (Å²) in [5.41, 5.74) is 3.53. The number of rotatable bonds is 5. The molecule has 20 heavy (non-hydrogen) atoms. The highest BCUT2D eigenvalue weighted by molar-refractivity contribution is 4.83. The van der Waals surface area contributed by atoms with Gasteiger partial charge in [0, 0.05) is 58.3 Å². The molecule has 3 aliphatic heterocycles. The van der Waals surface area contributed by atoms with E-state index >= 15 is 0 Å². The highest BCUT2D eigenvalue weighted by Crippen LogP contribution is 2.25. The van der Waals surface area contributed by atoms with Crippen LogP contribution in [0.3, 0.4) is 0 Å². The first kappa shape index (κ1) is 14.7. The van der Waals surface area contributed by atoms with Crippen molar-refractivity contribution in [3.05, 3.63) is 0 Å². The third kappa shape index (κ3) is 3.92. The molecule has 3 saturated heterocycles. The molecule has 0 bridgehead atoms. The lowest BCUT2D eigenvalue weighted by atomic mass is 10.0. The van der Waals surface area contributed by atoms with Crippen molar-refractivity contribution in [1.29, 1.82) is 0 Å². The van der Waals surface area contributed by atoms with Gasteiger partial charge in [0.05, 0.1) is 0 Å². The summed E-state index contributed by atoms with van der Waals surface area (Å²) in [5.74, 6) is 0. The van der Waals surface area contributed by atoms with E-state index in [1.165, 1.54) is 65.0 Å². The molecule has 116 valence electrons. The van der Waals surface area contributed by atoms with E-state index in [9.17, 15) is 0 Å². The standard InChI is InChI=1S/C15H30N4O/c1-17-8-10-18(11-9-17)6-4-12-20-15-13-14-5-2-3-7-19(14)16-15/h14-16H,2-13H2,1H3. The minimum absolute atomic E-state index is 0.269. The summed E-state index contributed by atoms with van der Waals surface area (Å²) < 4.78 is 6.02. The van der Waals surface area contributed by atoms with Crippen LogP contribution in [-0.4, -0.2) is 80.0 Å². The number of ether oxygens (including phenoxy) is 1. The quantitative estimate of drug-likeness (QED) is 0.751. The number of likely N-dealkylation sites (N-methyl/N-ethyl adjacent to an activating group) is 1. The number of hydrogen-bond donors (Lipinski definition) is 1. The molecule has 0 amide bonds. The van der Waals surface area contributed by atoms with Crippen LogP contribution >= 0.6 is 0 Å². The van der Waals surface area contributed by atoms with Crippen molar-refractivity contribution in [2.45, 2.75) is 44.4 Å². The van der Waals surface area contributed by atoms with Crippen LogP contribution in [-0.2, 0) is 4.74 Å². The maximum absolute atomic E-state index is 6.02. The molecule has 0 aromatic rings. The van der Waals surface area contributed by atoms with Gasteiger partial charge in [-0.05, 0) is 26.3 Å². The van der Waals surface area contributed by atoms with Gasteiger partial charge in [-0.3, -0.25) is 0 Å². The molecule has 2 unspecified atom stereocenters. The number of hydrogen-bond acceptors (Lipinski definition) is 5. The monoisotopic (exact) mass is 282 g/mol. The maximum Gasteiger partial charge on any atom is 0.122 e. The van der Waals surface area contributed by atoms with Crippen LogP contribution in [0.15, 0.2) is 0 Å². The van der Waals surface area contributed by atoms with Crippen molar-refractivity contribution in [2.75, 3.05) is 52.9 Å². The normalized spacial score (nSPS) is 33.5. The first-order valence-electron chi connectivity index (χ1n) is 8.36. The number of piperidine rings is 1. The summed E-state index contributed by atoms with van der Waals surface area (Å²) >= 11 is 0. The van der Waals surface area contributed by atoms with E-state index in [4.69, 9.17) is 4.74 Å². The fourth-order valence-corrected chi connectivity index (χ4v) is 3.59. The average Bonchev–Trinajstić information content (AvgIpc) is 2.88. The van der Waals surface area contributed by atoms with Crippen molar-refractivity contribution in [3.63, 3.8) is 0 Å². The summed E-state index contributed by atoms with van der Waals surface area (Å²) in [6, 6.07) is 0.728. The van der Waals surface area contributed by atoms with E-state index in [0.29, 0.717) is 0 Å². The molecule has 5 nitrogen and oxygen atoms in total. The Morgan fingerprint density at radius 2 is 1.95 bits per heavy atom. The predicted molar refractivity (Wildman–Crippen MR) is 80.4 cm³/mol. The first-order valence-corrected chi connectivity index (χ1v) is 8.36. The number of fused-ring (bicyclic) bond motifs is 1. The van der Waals surface area contributed by atoms with Crippen molar-refractivity contribution < 1.29 is 4.74 Å². The van der Waals surface area contributed by atoms with Crippen LogP contribution in [0, 0.1) is 0 Å². The van der Waals surface area contributed by atoms with Gasteiger partial charge in [-0.1, -0.05) is 6.42 Å². The maximum atomic E-state index is 6.02. The van der Waals surface area contributed by atoms with Crippen LogP contribution in [0.2, 0.25) is 0 Å². The third-order valence-corrected chi connectivity index (χ3v) is 4.96. The molecule has 3 fully saturated rings. The second kappa shape index (κ2) is 7.18. The van der Waals surface area contributed by atoms with Gasteiger partial charge in [-0.15, -0.1) is 0 Å². The second-order valence-electron chi connectivity index (χ2n) is 6.57. The summed E-state index contributed by atoms with van der Waals surface area (Å²) in [7, 11) is 2.21. The molecule has 0 aromatic heterocycles. The Kier molecular flexibility index (Phi) is 5.29. The Balaban J connectivity index is 1.27. The molecule has 3 rings (SSSR count). The molecule has 5 heteroatoms. The number of nitrogens with one attached hydrogen (secondary N) is 1. The molecule has 3 aliphatic rings. The zero-order valence-electron chi connectivity index (χ0n) is 12.9. The molecule has 1 N–H and O–H groups in total. The highest BCUT2D eigenvalue weighted by Gasteiger charge is 2.33. The number of hydrazine groups is 1. The van der Waals surface area contributed by atoms with Gasteiger partial charge in [-0.2, -0.15) is 0 Å². The average molecular weight is 282 g/mol. The molecule has 0 aliphatic carbocycles. The minimum Gasteiger partial charge on any atom is -0.362 e. The van der Waals surface area contributed by atoms with Gasteiger partial charge in [0.2, 0.25) is 0 Å². The van der Waals surface area contributed by atoms with Gasteiger partial charge in [0.15, 0.2) is 0 Å². The minimum atomic E-state index is 0.269.